The summed E-state index contributed by atoms with van der Waals surface area (Å²) in [6.07, 6.45) is 3.00. The SMILES string of the molecule is CC(=O)SCC1CC(=O)N(CC2CCCO2)C1. The smallest absolute Gasteiger partial charge is 0.223 e. The molecule has 2 unspecified atom stereocenters. The molecule has 2 saturated heterocycles. The van der Waals surface area contributed by atoms with Gasteiger partial charge in [0.05, 0.1) is 6.10 Å². The summed E-state index contributed by atoms with van der Waals surface area (Å²) in [5.74, 6) is 1.32. The van der Waals surface area contributed by atoms with E-state index in [2.05, 4.69) is 0 Å². The Bertz CT molecular complexity index is 302. The first-order valence-electron chi connectivity index (χ1n) is 6.18. The summed E-state index contributed by atoms with van der Waals surface area (Å²) >= 11 is 1.33. The number of hydrogen-bond donors (Lipinski definition) is 0. The summed E-state index contributed by atoms with van der Waals surface area (Å²) in [6, 6.07) is 0. The number of rotatable bonds is 4. The number of hydrogen-bond acceptors (Lipinski definition) is 4. The van der Waals surface area contributed by atoms with E-state index in [0.717, 1.165) is 38.3 Å². The molecule has 0 spiro atoms. The molecule has 5 heteroatoms. The molecule has 0 aromatic carbocycles. The molecule has 0 aromatic heterocycles. The number of carbonyl (C=O) groups excluding carboxylic acids is 2. The van der Waals surface area contributed by atoms with Crippen LogP contribution in [0.25, 0.3) is 0 Å². The first-order valence-corrected chi connectivity index (χ1v) is 7.16. The normalized spacial score (nSPS) is 29.0. The first kappa shape index (κ1) is 12.9. The van der Waals surface area contributed by atoms with Crippen molar-refractivity contribution < 1.29 is 14.3 Å². The molecule has 0 N–H and O–H groups in total. The van der Waals surface area contributed by atoms with Gasteiger partial charge in [-0.3, -0.25) is 9.59 Å². The number of amides is 1. The Labute approximate surface area is 106 Å². The number of nitrogens with zero attached hydrogens (tertiary/aromatic N) is 1. The molecule has 2 fully saturated rings. The fourth-order valence-corrected chi connectivity index (χ4v) is 3.11. The highest BCUT2D eigenvalue weighted by molar-refractivity contribution is 8.13. The summed E-state index contributed by atoms with van der Waals surface area (Å²) in [5.41, 5.74) is 0. The molecule has 2 rings (SSSR count). The summed E-state index contributed by atoms with van der Waals surface area (Å²) in [7, 11) is 0. The van der Waals surface area contributed by atoms with Crippen molar-refractivity contribution >= 4 is 22.8 Å². The van der Waals surface area contributed by atoms with E-state index in [9.17, 15) is 9.59 Å². The van der Waals surface area contributed by atoms with Gasteiger partial charge >= 0.3 is 0 Å². The van der Waals surface area contributed by atoms with Crippen molar-refractivity contribution in [2.24, 2.45) is 5.92 Å². The fourth-order valence-electron chi connectivity index (χ4n) is 2.41. The minimum absolute atomic E-state index is 0.134. The maximum atomic E-state index is 11.8. The second-order valence-corrected chi connectivity index (χ2v) is 6.00. The highest BCUT2D eigenvalue weighted by Crippen LogP contribution is 2.24. The molecular formula is C12H19NO3S. The number of carbonyl (C=O) groups is 2. The third kappa shape index (κ3) is 3.71. The summed E-state index contributed by atoms with van der Waals surface area (Å²) in [6.45, 7) is 3.93. The van der Waals surface area contributed by atoms with Crippen LogP contribution in [0.3, 0.4) is 0 Å². The van der Waals surface area contributed by atoms with Crippen molar-refractivity contribution in [2.45, 2.75) is 32.3 Å². The van der Waals surface area contributed by atoms with Crippen LogP contribution in [0.4, 0.5) is 0 Å². The van der Waals surface area contributed by atoms with Gasteiger partial charge in [0, 0.05) is 38.8 Å². The lowest BCUT2D eigenvalue weighted by molar-refractivity contribution is -0.129. The van der Waals surface area contributed by atoms with Crippen molar-refractivity contribution in [3.63, 3.8) is 0 Å². The van der Waals surface area contributed by atoms with Crippen molar-refractivity contribution in [3.8, 4) is 0 Å². The minimum atomic E-state index is 0.134. The Balaban J connectivity index is 1.76. The van der Waals surface area contributed by atoms with Crippen molar-refractivity contribution in [2.75, 3.05) is 25.4 Å². The van der Waals surface area contributed by atoms with Crippen LogP contribution in [0.2, 0.25) is 0 Å². The van der Waals surface area contributed by atoms with Crippen LogP contribution < -0.4 is 0 Å². The first-order chi connectivity index (χ1) is 8.15. The van der Waals surface area contributed by atoms with Crippen LogP contribution in [0.15, 0.2) is 0 Å². The topological polar surface area (TPSA) is 46.6 Å². The summed E-state index contributed by atoms with van der Waals surface area (Å²) in [5, 5.41) is 0.134. The Kier molecular flexibility index (Phi) is 4.45. The Morgan fingerprint density at radius 3 is 3.06 bits per heavy atom. The zero-order chi connectivity index (χ0) is 12.3. The molecule has 96 valence electrons. The molecule has 2 heterocycles. The third-order valence-corrected chi connectivity index (χ3v) is 4.31. The van der Waals surface area contributed by atoms with Crippen LogP contribution in [-0.4, -0.2) is 47.5 Å². The van der Waals surface area contributed by atoms with E-state index >= 15 is 0 Å². The van der Waals surface area contributed by atoms with Gasteiger partial charge in [0.25, 0.3) is 0 Å². The van der Waals surface area contributed by atoms with Crippen LogP contribution in [0, 0.1) is 5.92 Å². The van der Waals surface area contributed by atoms with Crippen molar-refractivity contribution in [1.29, 1.82) is 0 Å². The van der Waals surface area contributed by atoms with Gasteiger partial charge in [0.15, 0.2) is 5.12 Å². The lowest BCUT2D eigenvalue weighted by Gasteiger charge is -2.20. The molecular weight excluding hydrogens is 238 g/mol. The zero-order valence-electron chi connectivity index (χ0n) is 10.2. The van der Waals surface area contributed by atoms with E-state index < -0.39 is 0 Å². The predicted octanol–water partition coefficient (Wildman–Crippen LogP) is 1.29. The molecule has 4 nitrogen and oxygen atoms in total. The van der Waals surface area contributed by atoms with Gasteiger partial charge in [-0.05, 0) is 18.8 Å². The molecule has 2 atom stereocenters. The van der Waals surface area contributed by atoms with Crippen molar-refractivity contribution in [1.82, 2.24) is 4.90 Å². The fraction of sp³-hybridized carbons (Fsp3) is 0.833. The van der Waals surface area contributed by atoms with Gasteiger partial charge in [-0.15, -0.1) is 0 Å². The van der Waals surface area contributed by atoms with Gasteiger partial charge in [0.2, 0.25) is 5.91 Å². The zero-order valence-corrected chi connectivity index (χ0v) is 11.0. The monoisotopic (exact) mass is 257 g/mol. The van der Waals surface area contributed by atoms with E-state index in [1.165, 1.54) is 11.8 Å². The van der Waals surface area contributed by atoms with Gasteiger partial charge < -0.3 is 9.64 Å². The highest BCUT2D eigenvalue weighted by atomic mass is 32.2. The molecule has 2 aliphatic heterocycles. The largest absolute Gasteiger partial charge is 0.376 e. The number of ether oxygens (including phenoxy) is 1. The van der Waals surface area contributed by atoms with Gasteiger partial charge in [0.1, 0.15) is 0 Å². The maximum Gasteiger partial charge on any atom is 0.223 e. The molecule has 0 saturated carbocycles. The number of likely N-dealkylation sites (tertiary alicyclic amines) is 1. The summed E-state index contributed by atoms with van der Waals surface area (Å²) < 4.78 is 5.54. The number of thioether (sulfide) groups is 1. The second-order valence-electron chi connectivity index (χ2n) is 4.81. The molecule has 0 radical (unpaired) electrons. The van der Waals surface area contributed by atoms with E-state index in [4.69, 9.17) is 4.74 Å². The van der Waals surface area contributed by atoms with Crippen LogP contribution in [-0.2, 0) is 14.3 Å². The molecule has 0 aliphatic carbocycles. The molecule has 1 amide bonds. The average molecular weight is 257 g/mol. The Morgan fingerprint density at radius 1 is 1.59 bits per heavy atom. The molecule has 0 aromatic rings. The predicted molar refractivity (Wildman–Crippen MR) is 66.8 cm³/mol. The van der Waals surface area contributed by atoms with Crippen LogP contribution in [0.1, 0.15) is 26.2 Å². The summed E-state index contributed by atoms with van der Waals surface area (Å²) in [4.78, 5) is 24.6. The average Bonchev–Trinajstić information content (AvgIpc) is 2.87. The van der Waals surface area contributed by atoms with E-state index in [-0.39, 0.29) is 17.1 Å². The molecule has 2 aliphatic rings. The van der Waals surface area contributed by atoms with Crippen LogP contribution in [0.5, 0.6) is 0 Å². The quantitative estimate of drug-likeness (QED) is 0.761. The second kappa shape index (κ2) is 5.87. The standard InChI is InChI=1S/C12H19NO3S/c1-9(14)17-8-10-5-12(15)13(6-10)7-11-3-2-4-16-11/h10-11H,2-8H2,1H3. The van der Waals surface area contributed by atoms with E-state index in [1.807, 2.05) is 4.90 Å². The third-order valence-electron chi connectivity index (χ3n) is 3.26. The van der Waals surface area contributed by atoms with Gasteiger partial charge in [-0.2, -0.15) is 0 Å². The lowest BCUT2D eigenvalue weighted by Crippen LogP contribution is -2.33. The van der Waals surface area contributed by atoms with Gasteiger partial charge in [-0.1, -0.05) is 11.8 Å². The van der Waals surface area contributed by atoms with E-state index in [1.54, 1.807) is 6.92 Å². The maximum absolute atomic E-state index is 11.8. The van der Waals surface area contributed by atoms with Gasteiger partial charge in [-0.25, -0.2) is 0 Å². The Hall–Kier alpha value is -0.550. The lowest BCUT2D eigenvalue weighted by atomic mass is 10.1. The minimum Gasteiger partial charge on any atom is -0.376 e. The van der Waals surface area contributed by atoms with Crippen molar-refractivity contribution in [3.05, 3.63) is 0 Å². The van der Waals surface area contributed by atoms with Crippen LogP contribution >= 0.6 is 11.8 Å². The Morgan fingerprint density at radius 2 is 2.41 bits per heavy atom. The highest BCUT2D eigenvalue weighted by Gasteiger charge is 2.32. The van der Waals surface area contributed by atoms with E-state index in [0.29, 0.717) is 12.3 Å². The molecule has 17 heavy (non-hydrogen) atoms. The molecule has 0 bridgehead atoms.